The van der Waals surface area contributed by atoms with Gasteiger partial charge in [-0.15, -0.1) is 0 Å². The smallest absolute Gasteiger partial charge is 0.165 e. The van der Waals surface area contributed by atoms with E-state index in [0.717, 1.165) is 45.6 Å². The fourth-order valence-corrected chi connectivity index (χ4v) is 3.25. The lowest BCUT2D eigenvalue weighted by Gasteiger charge is -2.36. The summed E-state index contributed by atoms with van der Waals surface area (Å²) in [5, 5.41) is 0. The Morgan fingerprint density at radius 1 is 1.33 bits per heavy atom. The van der Waals surface area contributed by atoms with E-state index in [9.17, 15) is 4.39 Å². The number of anilines is 1. The minimum absolute atomic E-state index is 0.0313. The molecule has 0 aromatic carbocycles. The number of halogens is 1. The summed E-state index contributed by atoms with van der Waals surface area (Å²) in [5.74, 6) is 0.252. The largest absolute Gasteiger partial charge is 0.371 e. The quantitative estimate of drug-likeness (QED) is 0.855. The summed E-state index contributed by atoms with van der Waals surface area (Å²) in [6, 6.07) is 3.11. The normalized spacial score (nSPS) is 26.2. The molecule has 2 aliphatic heterocycles. The van der Waals surface area contributed by atoms with E-state index >= 15 is 0 Å². The molecule has 2 saturated heterocycles. The Balaban J connectivity index is 1.51. The highest BCUT2D eigenvalue weighted by Gasteiger charge is 2.33. The standard InChI is InChI=1S/C16H24FN3O/c1-16(2)6-5-13(21-16)12-19-8-10-20(11-9-19)15-14(17)4-3-7-18-15/h3-4,7,13H,5-6,8-12H2,1-2H3/t13-/m0/s1. The Kier molecular flexibility index (Phi) is 4.13. The fourth-order valence-electron chi connectivity index (χ4n) is 3.25. The first-order valence-corrected chi connectivity index (χ1v) is 7.79. The van der Waals surface area contributed by atoms with E-state index in [1.807, 2.05) is 4.90 Å². The van der Waals surface area contributed by atoms with Gasteiger partial charge in [0.25, 0.3) is 0 Å². The summed E-state index contributed by atoms with van der Waals surface area (Å²) in [4.78, 5) is 8.61. The predicted octanol–water partition coefficient (Wildman–Crippen LogP) is 2.30. The summed E-state index contributed by atoms with van der Waals surface area (Å²) in [6.07, 6.45) is 4.27. The number of pyridine rings is 1. The minimum atomic E-state index is -0.230. The lowest BCUT2D eigenvalue weighted by molar-refractivity contribution is -0.0291. The number of nitrogens with zero attached hydrogens (tertiary/aromatic N) is 3. The third-order valence-electron chi connectivity index (χ3n) is 4.43. The van der Waals surface area contributed by atoms with Gasteiger partial charge in [-0.3, -0.25) is 4.90 Å². The average molecular weight is 293 g/mol. The van der Waals surface area contributed by atoms with Crippen LogP contribution in [0.15, 0.2) is 18.3 Å². The second-order valence-corrected chi connectivity index (χ2v) is 6.63. The zero-order chi connectivity index (χ0) is 14.9. The number of rotatable bonds is 3. The zero-order valence-electron chi connectivity index (χ0n) is 12.9. The molecule has 2 aliphatic rings. The molecule has 0 spiro atoms. The van der Waals surface area contributed by atoms with Gasteiger partial charge in [-0.05, 0) is 38.8 Å². The number of hydrogen-bond acceptors (Lipinski definition) is 4. The Morgan fingerprint density at radius 3 is 2.71 bits per heavy atom. The van der Waals surface area contributed by atoms with Crippen LogP contribution in [0.1, 0.15) is 26.7 Å². The highest BCUT2D eigenvalue weighted by atomic mass is 19.1. The van der Waals surface area contributed by atoms with Crippen molar-refractivity contribution in [2.24, 2.45) is 0 Å². The molecule has 21 heavy (non-hydrogen) atoms. The van der Waals surface area contributed by atoms with Crippen LogP contribution >= 0.6 is 0 Å². The van der Waals surface area contributed by atoms with Crippen molar-refractivity contribution in [2.45, 2.75) is 38.4 Å². The van der Waals surface area contributed by atoms with Gasteiger partial charge < -0.3 is 9.64 Å². The third kappa shape index (κ3) is 3.52. The third-order valence-corrected chi connectivity index (χ3v) is 4.43. The Bertz CT molecular complexity index is 486. The summed E-state index contributed by atoms with van der Waals surface area (Å²) in [6.45, 7) is 8.84. The first-order valence-electron chi connectivity index (χ1n) is 7.79. The first kappa shape index (κ1) is 14.7. The molecule has 1 atom stereocenters. The van der Waals surface area contributed by atoms with E-state index in [1.54, 1.807) is 12.3 Å². The molecule has 1 aromatic heterocycles. The van der Waals surface area contributed by atoms with Gasteiger partial charge in [0, 0.05) is 38.9 Å². The minimum Gasteiger partial charge on any atom is -0.371 e. The SMILES string of the molecule is CC1(C)CC[C@@H](CN2CCN(c3ncccc3F)CC2)O1. The van der Waals surface area contributed by atoms with E-state index in [-0.39, 0.29) is 11.4 Å². The van der Waals surface area contributed by atoms with Gasteiger partial charge in [-0.1, -0.05) is 0 Å². The van der Waals surface area contributed by atoms with Crippen LogP contribution < -0.4 is 4.90 Å². The molecule has 3 heterocycles. The van der Waals surface area contributed by atoms with E-state index in [2.05, 4.69) is 23.7 Å². The molecule has 0 aliphatic carbocycles. The van der Waals surface area contributed by atoms with Gasteiger partial charge in [-0.2, -0.15) is 0 Å². The monoisotopic (exact) mass is 293 g/mol. The molecule has 4 nitrogen and oxygen atoms in total. The molecular weight excluding hydrogens is 269 g/mol. The van der Waals surface area contributed by atoms with Crippen molar-refractivity contribution in [3.63, 3.8) is 0 Å². The van der Waals surface area contributed by atoms with Gasteiger partial charge in [0.15, 0.2) is 11.6 Å². The molecule has 5 heteroatoms. The fraction of sp³-hybridized carbons (Fsp3) is 0.688. The van der Waals surface area contributed by atoms with Gasteiger partial charge in [-0.25, -0.2) is 9.37 Å². The van der Waals surface area contributed by atoms with Crippen LogP contribution in [0.4, 0.5) is 10.2 Å². The van der Waals surface area contributed by atoms with Crippen molar-refractivity contribution in [1.29, 1.82) is 0 Å². The van der Waals surface area contributed by atoms with Crippen molar-refractivity contribution in [3.05, 3.63) is 24.1 Å². The van der Waals surface area contributed by atoms with Gasteiger partial charge in [0.05, 0.1) is 11.7 Å². The van der Waals surface area contributed by atoms with Crippen molar-refractivity contribution in [1.82, 2.24) is 9.88 Å². The second-order valence-electron chi connectivity index (χ2n) is 6.63. The summed E-state index contributed by atoms with van der Waals surface area (Å²) in [7, 11) is 0. The van der Waals surface area contributed by atoms with Crippen molar-refractivity contribution in [2.75, 3.05) is 37.6 Å². The van der Waals surface area contributed by atoms with Crippen LogP contribution in [0, 0.1) is 5.82 Å². The molecule has 1 aromatic rings. The van der Waals surface area contributed by atoms with Crippen LogP contribution in [-0.2, 0) is 4.74 Å². The molecule has 0 N–H and O–H groups in total. The molecule has 3 rings (SSSR count). The average Bonchev–Trinajstić information content (AvgIpc) is 2.80. The molecule has 0 radical (unpaired) electrons. The Labute approximate surface area is 125 Å². The topological polar surface area (TPSA) is 28.6 Å². The number of piperazine rings is 1. The maximum Gasteiger partial charge on any atom is 0.165 e. The molecule has 2 fully saturated rings. The van der Waals surface area contributed by atoms with Gasteiger partial charge >= 0.3 is 0 Å². The van der Waals surface area contributed by atoms with Crippen LogP contribution in [0.5, 0.6) is 0 Å². The highest BCUT2D eigenvalue weighted by molar-refractivity contribution is 5.40. The molecule has 116 valence electrons. The van der Waals surface area contributed by atoms with Crippen LogP contribution in [-0.4, -0.2) is 54.3 Å². The summed E-state index contributed by atoms with van der Waals surface area (Å²) >= 11 is 0. The van der Waals surface area contributed by atoms with Gasteiger partial charge in [0.2, 0.25) is 0 Å². The van der Waals surface area contributed by atoms with E-state index in [0.29, 0.717) is 11.9 Å². The number of aromatic nitrogens is 1. The summed E-state index contributed by atoms with van der Waals surface area (Å²) in [5.41, 5.74) is 0.0313. The Hall–Kier alpha value is -1.20. The Morgan fingerprint density at radius 2 is 2.10 bits per heavy atom. The second kappa shape index (κ2) is 5.89. The van der Waals surface area contributed by atoms with Crippen LogP contribution in [0.3, 0.4) is 0 Å². The maximum atomic E-state index is 13.7. The van der Waals surface area contributed by atoms with Crippen molar-refractivity contribution in [3.8, 4) is 0 Å². The van der Waals surface area contributed by atoms with Crippen LogP contribution in [0.2, 0.25) is 0 Å². The van der Waals surface area contributed by atoms with E-state index < -0.39 is 0 Å². The molecular formula is C16H24FN3O. The van der Waals surface area contributed by atoms with Crippen LogP contribution in [0.25, 0.3) is 0 Å². The lowest BCUT2D eigenvalue weighted by Crippen LogP contribution is -2.49. The zero-order valence-corrected chi connectivity index (χ0v) is 12.9. The van der Waals surface area contributed by atoms with E-state index in [1.165, 1.54) is 6.07 Å². The predicted molar refractivity (Wildman–Crippen MR) is 81.0 cm³/mol. The highest BCUT2D eigenvalue weighted by Crippen LogP contribution is 2.30. The molecule has 0 amide bonds. The van der Waals surface area contributed by atoms with Crippen molar-refractivity contribution >= 4 is 5.82 Å². The molecule has 0 unspecified atom stereocenters. The number of ether oxygens (including phenoxy) is 1. The molecule has 0 saturated carbocycles. The number of hydrogen-bond donors (Lipinski definition) is 0. The maximum absolute atomic E-state index is 13.7. The summed E-state index contributed by atoms with van der Waals surface area (Å²) < 4.78 is 19.8. The molecule has 0 bridgehead atoms. The van der Waals surface area contributed by atoms with Gasteiger partial charge in [0.1, 0.15) is 0 Å². The van der Waals surface area contributed by atoms with E-state index in [4.69, 9.17) is 4.74 Å². The van der Waals surface area contributed by atoms with Crippen molar-refractivity contribution < 1.29 is 9.13 Å². The first-order chi connectivity index (χ1) is 10.0. The lowest BCUT2D eigenvalue weighted by atomic mass is 10.1.